The Morgan fingerprint density at radius 3 is 2.93 bits per heavy atom. The van der Waals surface area contributed by atoms with Gasteiger partial charge in [-0.1, -0.05) is 23.4 Å². The van der Waals surface area contributed by atoms with E-state index in [1.807, 2.05) is 19.1 Å². The molecule has 1 N–H and O–H groups in total. The van der Waals surface area contributed by atoms with Gasteiger partial charge in [-0.2, -0.15) is 4.31 Å². The van der Waals surface area contributed by atoms with Crippen LogP contribution in [0.25, 0.3) is 0 Å². The maximum absolute atomic E-state index is 13.1. The summed E-state index contributed by atoms with van der Waals surface area (Å²) in [5.41, 5.74) is 1.26. The molecule has 1 amide bonds. The van der Waals surface area contributed by atoms with Crippen LogP contribution < -0.4 is 5.32 Å². The minimum atomic E-state index is -3.64. The third-order valence-corrected chi connectivity index (χ3v) is 7.25. The summed E-state index contributed by atoms with van der Waals surface area (Å²) >= 11 is 0. The first-order chi connectivity index (χ1) is 14.4. The summed E-state index contributed by atoms with van der Waals surface area (Å²) < 4.78 is 27.6. The highest BCUT2D eigenvalue weighted by Crippen LogP contribution is 2.35. The lowest BCUT2D eigenvalue weighted by molar-refractivity contribution is -0.115. The normalized spacial score (nSPS) is 21.8. The number of nitrogens with one attached hydrogen (secondary N) is 1. The van der Waals surface area contributed by atoms with Crippen LogP contribution in [-0.4, -0.2) is 48.0 Å². The van der Waals surface area contributed by atoms with E-state index >= 15 is 0 Å². The average Bonchev–Trinajstić information content (AvgIpc) is 3.16. The number of oxime groups is 1. The molecule has 30 heavy (non-hydrogen) atoms. The van der Waals surface area contributed by atoms with Gasteiger partial charge in [0.1, 0.15) is 5.71 Å². The van der Waals surface area contributed by atoms with E-state index in [-0.39, 0.29) is 29.5 Å². The minimum absolute atomic E-state index is 0.173. The standard InChI is InChI=1S/C21H24N4O4S/c1-16-5-2-7-18(11-16)30(27,28)25-10-4-8-21(15-25)12-19(24-29-21)20(26)23-14-17-6-3-9-22-13-17/h2-3,5-7,9,11,13H,4,8,10,12,14-15H2,1H3,(H,23,26). The third-order valence-electron chi connectivity index (χ3n) is 5.41. The van der Waals surface area contributed by atoms with Crippen LogP contribution in [0.5, 0.6) is 0 Å². The predicted molar refractivity (Wildman–Crippen MR) is 111 cm³/mol. The van der Waals surface area contributed by atoms with Crippen molar-refractivity contribution in [3.05, 3.63) is 59.9 Å². The number of piperidine rings is 1. The Morgan fingerprint density at radius 2 is 2.17 bits per heavy atom. The summed E-state index contributed by atoms with van der Waals surface area (Å²) in [6.45, 7) is 2.80. The number of aromatic nitrogens is 1. The largest absolute Gasteiger partial charge is 0.387 e. The van der Waals surface area contributed by atoms with Gasteiger partial charge in [-0.05, 0) is 49.1 Å². The zero-order valence-electron chi connectivity index (χ0n) is 16.7. The topological polar surface area (TPSA) is 101 Å². The van der Waals surface area contributed by atoms with Crippen molar-refractivity contribution >= 4 is 21.6 Å². The van der Waals surface area contributed by atoms with Gasteiger partial charge >= 0.3 is 0 Å². The molecule has 3 heterocycles. The molecule has 1 unspecified atom stereocenters. The van der Waals surface area contributed by atoms with Crippen molar-refractivity contribution in [2.24, 2.45) is 5.16 Å². The first-order valence-electron chi connectivity index (χ1n) is 9.87. The number of sulfonamides is 1. The Balaban J connectivity index is 1.42. The van der Waals surface area contributed by atoms with E-state index in [9.17, 15) is 13.2 Å². The second kappa shape index (κ2) is 8.16. The monoisotopic (exact) mass is 428 g/mol. The van der Waals surface area contributed by atoms with E-state index in [4.69, 9.17) is 4.84 Å². The van der Waals surface area contributed by atoms with Crippen LogP contribution in [0, 0.1) is 6.92 Å². The summed E-state index contributed by atoms with van der Waals surface area (Å²) in [4.78, 5) is 22.5. The lowest BCUT2D eigenvalue weighted by atomic mass is 9.89. The Labute approximate surface area is 176 Å². The predicted octanol–water partition coefficient (Wildman–Crippen LogP) is 2.01. The van der Waals surface area contributed by atoms with Crippen molar-refractivity contribution in [3.8, 4) is 0 Å². The minimum Gasteiger partial charge on any atom is -0.387 e. The van der Waals surface area contributed by atoms with Gasteiger partial charge in [0, 0.05) is 31.9 Å². The molecule has 158 valence electrons. The smallest absolute Gasteiger partial charge is 0.269 e. The van der Waals surface area contributed by atoms with Gasteiger partial charge < -0.3 is 10.2 Å². The maximum atomic E-state index is 13.1. The molecular weight excluding hydrogens is 404 g/mol. The van der Waals surface area contributed by atoms with E-state index in [0.717, 1.165) is 11.1 Å². The molecule has 1 aromatic heterocycles. The molecule has 1 aromatic carbocycles. The summed E-state index contributed by atoms with van der Waals surface area (Å²) in [5, 5.41) is 6.81. The SMILES string of the molecule is Cc1cccc(S(=O)(=O)N2CCCC3(CC(C(=O)NCc4cccnc4)=NO3)C2)c1. The number of benzene rings is 1. The molecule has 1 spiro atoms. The molecule has 2 aliphatic rings. The van der Waals surface area contributed by atoms with Crippen molar-refractivity contribution in [3.63, 3.8) is 0 Å². The molecule has 2 aromatic rings. The van der Waals surface area contributed by atoms with Crippen molar-refractivity contribution in [1.29, 1.82) is 0 Å². The highest BCUT2D eigenvalue weighted by Gasteiger charge is 2.47. The number of carbonyl (C=O) groups excluding carboxylic acids is 1. The summed E-state index contributed by atoms with van der Waals surface area (Å²) in [5.74, 6) is -0.311. The Morgan fingerprint density at radius 1 is 1.30 bits per heavy atom. The first-order valence-corrected chi connectivity index (χ1v) is 11.3. The van der Waals surface area contributed by atoms with Gasteiger partial charge in [-0.25, -0.2) is 8.42 Å². The fourth-order valence-corrected chi connectivity index (χ4v) is 5.49. The van der Waals surface area contributed by atoms with Crippen LogP contribution in [0.15, 0.2) is 58.8 Å². The fraction of sp³-hybridized carbons (Fsp3) is 0.381. The highest BCUT2D eigenvalue weighted by molar-refractivity contribution is 7.89. The van der Waals surface area contributed by atoms with Gasteiger partial charge in [0.15, 0.2) is 5.60 Å². The van der Waals surface area contributed by atoms with Gasteiger partial charge in [0.2, 0.25) is 10.0 Å². The van der Waals surface area contributed by atoms with Crippen LogP contribution >= 0.6 is 0 Å². The molecule has 1 saturated heterocycles. The number of hydrogen-bond acceptors (Lipinski definition) is 6. The first kappa shape index (κ1) is 20.5. The van der Waals surface area contributed by atoms with E-state index < -0.39 is 15.6 Å². The molecule has 0 saturated carbocycles. The highest BCUT2D eigenvalue weighted by atomic mass is 32.2. The van der Waals surface area contributed by atoms with Crippen molar-refractivity contribution in [2.45, 2.75) is 43.2 Å². The summed E-state index contributed by atoms with van der Waals surface area (Å²) in [6, 6.07) is 10.5. The molecule has 2 aliphatic heterocycles. The quantitative estimate of drug-likeness (QED) is 0.785. The molecule has 0 bridgehead atoms. The lowest BCUT2D eigenvalue weighted by Gasteiger charge is -2.37. The molecular formula is C21H24N4O4S. The van der Waals surface area contributed by atoms with Crippen LogP contribution in [-0.2, 0) is 26.2 Å². The van der Waals surface area contributed by atoms with Crippen LogP contribution in [0.2, 0.25) is 0 Å². The average molecular weight is 429 g/mol. The van der Waals surface area contributed by atoms with Gasteiger partial charge in [-0.3, -0.25) is 9.78 Å². The number of nitrogens with zero attached hydrogens (tertiary/aromatic N) is 3. The third kappa shape index (κ3) is 4.22. The molecule has 1 fully saturated rings. The van der Waals surface area contributed by atoms with Crippen molar-refractivity contribution < 1.29 is 18.0 Å². The van der Waals surface area contributed by atoms with Crippen LogP contribution in [0.3, 0.4) is 0 Å². The number of rotatable bonds is 5. The van der Waals surface area contributed by atoms with Gasteiger partial charge in [0.25, 0.3) is 5.91 Å². The van der Waals surface area contributed by atoms with Crippen molar-refractivity contribution in [2.75, 3.05) is 13.1 Å². The lowest BCUT2D eigenvalue weighted by Crippen LogP contribution is -2.50. The van der Waals surface area contributed by atoms with E-state index in [0.29, 0.717) is 25.9 Å². The van der Waals surface area contributed by atoms with Crippen LogP contribution in [0.4, 0.5) is 0 Å². The molecule has 0 aliphatic carbocycles. The molecule has 9 heteroatoms. The zero-order chi connectivity index (χ0) is 21.2. The zero-order valence-corrected chi connectivity index (χ0v) is 17.6. The van der Waals surface area contributed by atoms with E-state index in [1.165, 1.54) is 4.31 Å². The van der Waals surface area contributed by atoms with E-state index in [1.54, 1.807) is 36.7 Å². The number of amides is 1. The second-order valence-electron chi connectivity index (χ2n) is 7.79. The molecule has 1 atom stereocenters. The second-order valence-corrected chi connectivity index (χ2v) is 9.73. The van der Waals surface area contributed by atoms with Gasteiger partial charge in [-0.15, -0.1) is 0 Å². The van der Waals surface area contributed by atoms with Crippen molar-refractivity contribution in [1.82, 2.24) is 14.6 Å². The fourth-order valence-electron chi connectivity index (χ4n) is 3.84. The maximum Gasteiger partial charge on any atom is 0.269 e. The number of pyridine rings is 1. The number of aryl methyl sites for hydroxylation is 1. The molecule has 0 radical (unpaired) electrons. The molecule has 8 nitrogen and oxygen atoms in total. The Bertz CT molecular complexity index is 1070. The van der Waals surface area contributed by atoms with Gasteiger partial charge in [0.05, 0.1) is 11.4 Å². The Kier molecular flexibility index (Phi) is 5.57. The van der Waals surface area contributed by atoms with E-state index in [2.05, 4.69) is 15.5 Å². The Hall–Kier alpha value is -2.78. The summed E-state index contributed by atoms with van der Waals surface area (Å²) in [6.07, 6.45) is 4.93. The number of carbonyl (C=O) groups is 1. The van der Waals surface area contributed by atoms with Crippen LogP contribution in [0.1, 0.15) is 30.4 Å². The number of hydrogen-bond donors (Lipinski definition) is 1. The molecule has 4 rings (SSSR count). The summed E-state index contributed by atoms with van der Waals surface area (Å²) in [7, 11) is -3.64.